The van der Waals surface area contributed by atoms with Crippen molar-refractivity contribution in [3.05, 3.63) is 29.8 Å². The summed E-state index contributed by atoms with van der Waals surface area (Å²) in [5.41, 5.74) is 2.75. The average Bonchev–Trinajstić information content (AvgIpc) is 2.32. The fourth-order valence-corrected chi connectivity index (χ4v) is 1.39. The monoisotopic (exact) mass is 207 g/mol. The van der Waals surface area contributed by atoms with Crippen LogP contribution in [0.5, 0.6) is 0 Å². The summed E-state index contributed by atoms with van der Waals surface area (Å²) in [7, 11) is 2.12. The summed E-state index contributed by atoms with van der Waals surface area (Å²) in [6.07, 6.45) is 2.42. The number of rotatable bonds is 4. The highest BCUT2D eigenvalue weighted by Crippen LogP contribution is 2.14. The van der Waals surface area contributed by atoms with E-state index in [1.165, 1.54) is 24.1 Å². The summed E-state index contributed by atoms with van der Waals surface area (Å²) in [5.74, 6) is 0. The number of hydrogen-bond acceptors (Lipinski definition) is 1. The molecule has 1 nitrogen and oxygen atoms in total. The van der Waals surface area contributed by atoms with Crippen LogP contribution in [0.25, 0.3) is 0 Å². The zero-order chi connectivity index (χ0) is 11.7. The first kappa shape index (κ1) is 14.0. The molecule has 1 aromatic rings. The van der Waals surface area contributed by atoms with Gasteiger partial charge in [0.05, 0.1) is 0 Å². The second-order valence-electron chi connectivity index (χ2n) is 3.43. The van der Waals surface area contributed by atoms with Crippen molar-refractivity contribution in [2.45, 2.75) is 40.5 Å². The number of anilines is 1. The summed E-state index contributed by atoms with van der Waals surface area (Å²) in [5, 5.41) is 0. The van der Waals surface area contributed by atoms with Gasteiger partial charge in [0.2, 0.25) is 0 Å². The Morgan fingerprint density at radius 3 is 1.93 bits per heavy atom. The van der Waals surface area contributed by atoms with Crippen molar-refractivity contribution in [2.24, 2.45) is 0 Å². The SMILES string of the molecule is CC.CCCc1ccc(N(C)CC)cc1. The van der Waals surface area contributed by atoms with Gasteiger partial charge in [-0.15, -0.1) is 0 Å². The molecule has 0 aromatic heterocycles. The van der Waals surface area contributed by atoms with E-state index in [4.69, 9.17) is 0 Å². The van der Waals surface area contributed by atoms with Gasteiger partial charge in [-0.05, 0) is 31.0 Å². The quantitative estimate of drug-likeness (QED) is 0.718. The minimum Gasteiger partial charge on any atom is -0.375 e. The molecule has 0 radical (unpaired) electrons. The zero-order valence-electron chi connectivity index (χ0n) is 10.9. The third kappa shape index (κ3) is 4.87. The summed E-state index contributed by atoms with van der Waals surface area (Å²) in [6, 6.07) is 8.86. The molecule has 0 heterocycles. The van der Waals surface area contributed by atoms with E-state index in [0.717, 1.165) is 6.54 Å². The lowest BCUT2D eigenvalue weighted by Crippen LogP contribution is -2.15. The van der Waals surface area contributed by atoms with Gasteiger partial charge in [0.25, 0.3) is 0 Å². The predicted molar refractivity (Wildman–Crippen MR) is 70.7 cm³/mol. The van der Waals surface area contributed by atoms with Gasteiger partial charge in [0.1, 0.15) is 0 Å². The highest BCUT2D eigenvalue weighted by atomic mass is 15.1. The standard InChI is InChI=1S/C12H19N.C2H6/c1-4-6-11-7-9-12(10-8-11)13(3)5-2;1-2/h7-10H,4-6H2,1-3H3;1-2H3. The Morgan fingerprint density at radius 2 is 1.53 bits per heavy atom. The molecule has 1 aromatic carbocycles. The Bertz CT molecular complexity index is 238. The highest BCUT2D eigenvalue weighted by molar-refractivity contribution is 5.46. The second-order valence-corrected chi connectivity index (χ2v) is 3.43. The fourth-order valence-electron chi connectivity index (χ4n) is 1.39. The van der Waals surface area contributed by atoms with E-state index in [-0.39, 0.29) is 0 Å². The molecule has 0 fully saturated rings. The molecule has 1 rings (SSSR count). The number of hydrogen-bond donors (Lipinski definition) is 0. The van der Waals surface area contributed by atoms with Crippen LogP contribution in [-0.2, 0) is 6.42 Å². The molecule has 0 aliphatic heterocycles. The van der Waals surface area contributed by atoms with Crippen LogP contribution >= 0.6 is 0 Å². The molecule has 86 valence electrons. The van der Waals surface area contributed by atoms with Crippen molar-refractivity contribution >= 4 is 5.69 Å². The summed E-state index contributed by atoms with van der Waals surface area (Å²) >= 11 is 0. The third-order valence-corrected chi connectivity index (χ3v) is 2.39. The van der Waals surface area contributed by atoms with Gasteiger partial charge in [-0.2, -0.15) is 0 Å². The molecule has 0 saturated carbocycles. The van der Waals surface area contributed by atoms with Crippen LogP contribution in [0.4, 0.5) is 5.69 Å². The van der Waals surface area contributed by atoms with Crippen molar-refractivity contribution in [1.29, 1.82) is 0 Å². The van der Waals surface area contributed by atoms with Crippen molar-refractivity contribution in [3.63, 3.8) is 0 Å². The third-order valence-electron chi connectivity index (χ3n) is 2.39. The van der Waals surface area contributed by atoms with Crippen molar-refractivity contribution < 1.29 is 0 Å². The van der Waals surface area contributed by atoms with Crippen LogP contribution in [0.2, 0.25) is 0 Å². The molecule has 0 aliphatic carbocycles. The lowest BCUT2D eigenvalue weighted by Gasteiger charge is -2.16. The van der Waals surface area contributed by atoms with E-state index in [0.29, 0.717) is 0 Å². The lowest BCUT2D eigenvalue weighted by atomic mass is 10.1. The molecule has 0 spiro atoms. The Hall–Kier alpha value is -0.980. The second kappa shape index (κ2) is 8.34. The number of aryl methyl sites for hydroxylation is 1. The maximum atomic E-state index is 2.25. The molecule has 0 atom stereocenters. The Balaban J connectivity index is 0.000000921. The summed E-state index contributed by atoms with van der Waals surface area (Å²) in [4.78, 5) is 2.25. The van der Waals surface area contributed by atoms with Crippen molar-refractivity contribution in [3.8, 4) is 0 Å². The average molecular weight is 207 g/mol. The van der Waals surface area contributed by atoms with Crippen LogP contribution < -0.4 is 4.90 Å². The Morgan fingerprint density at radius 1 is 1.00 bits per heavy atom. The molecule has 0 saturated heterocycles. The molecule has 0 aliphatic rings. The van der Waals surface area contributed by atoms with Crippen LogP contribution in [0.3, 0.4) is 0 Å². The van der Waals surface area contributed by atoms with Gasteiger partial charge < -0.3 is 4.90 Å². The van der Waals surface area contributed by atoms with Gasteiger partial charge >= 0.3 is 0 Å². The summed E-state index contributed by atoms with van der Waals surface area (Å²) in [6.45, 7) is 9.44. The lowest BCUT2D eigenvalue weighted by molar-refractivity contribution is 0.918. The maximum Gasteiger partial charge on any atom is 0.0363 e. The first-order valence-electron chi connectivity index (χ1n) is 6.08. The molecule has 15 heavy (non-hydrogen) atoms. The van der Waals surface area contributed by atoms with Crippen molar-refractivity contribution in [2.75, 3.05) is 18.5 Å². The van der Waals surface area contributed by atoms with Crippen LogP contribution in [0, 0.1) is 0 Å². The van der Waals surface area contributed by atoms with Crippen molar-refractivity contribution in [1.82, 2.24) is 0 Å². The smallest absolute Gasteiger partial charge is 0.0363 e. The summed E-state index contributed by atoms with van der Waals surface area (Å²) < 4.78 is 0. The predicted octanol–water partition coefficient (Wildman–Crippen LogP) is 4.12. The van der Waals surface area contributed by atoms with E-state index in [1.54, 1.807) is 0 Å². The van der Waals surface area contributed by atoms with Crippen LogP contribution in [-0.4, -0.2) is 13.6 Å². The largest absolute Gasteiger partial charge is 0.375 e. The van der Waals surface area contributed by atoms with Gasteiger partial charge in [-0.3, -0.25) is 0 Å². The van der Waals surface area contributed by atoms with Gasteiger partial charge in [0, 0.05) is 19.3 Å². The first-order chi connectivity index (χ1) is 7.27. The van der Waals surface area contributed by atoms with E-state index in [9.17, 15) is 0 Å². The van der Waals surface area contributed by atoms with Crippen LogP contribution in [0.15, 0.2) is 24.3 Å². The molecule has 0 N–H and O–H groups in total. The molecule has 0 amide bonds. The van der Waals surface area contributed by atoms with E-state index >= 15 is 0 Å². The van der Waals surface area contributed by atoms with Crippen LogP contribution in [0.1, 0.15) is 39.7 Å². The number of benzene rings is 1. The Labute approximate surface area is 95.1 Å². The Kier molecular flexibility index (Phi) is 7.79. The molecular formula is C14H25N. The van der Waals surface area contributed by atoms with E-state index in [2.05, 4.69) is 50.1 Å². The normalized spacial score (nSPS) is 9.13. The van der Waals surface area contributed by atoms with Gasteiger partial charge in [-0.25, -0.2) is 0 Å². The molecule has 1 heteroatoms. The topological polar surface area (TPSA) is 3.24 Å². The van der Waals surface area contributed by atoms with Gasteiger partial charge in [-0.1, -0.05) is 39.3 Å². The van der Waals surface area contributed by atoms with E-state index < -0.39 is 0 Å². The fraction of sp³-hybridized carbons (Fsp3) is 0.571. The molecular weight excluding hydrogens is 182 g/mol. The van der Waals surface area contributed by atoms with Gasteiger partial charge in [0.15, 0.2) is 0 Å². The molecule has 0 unspecified atom stereocenters. The minimum absolute atomic E-state index is 1.06. The minimum atomic E-state index is 1.06. The van der Waals surface area contributed by atoms with E-state index in [1.807, 2.05) is 13.8 Å². The maximum absolute atomic E-state index is 2.25. The first-order valence-corrected chi connectivity index (χ1v) is 6.08. The zero-order valence-corrected chi connectivity index (χ0v) is 10.9. The highest BCUT2D eigenvalue weighted by Gasteiger charge is 1.97. The number of nitrogens with zero attached hydrogens (tertiary/aromatic N) is 1. The molecule has 0 bridgehead atoms.